The van der Waals surface area contributed by atoms with Crippen molar-refractivity contribution in [2.24, 2.45) is 5.84 Å². The third kappa shape index (κ3) is 1.88. The van der Waals surface area contributed by atoms with Gasteiger partial charge in [-0.3, -0.25) is 0 Å². The van der Waals surface area contributed by atoms with E-state index in [0.717, 1.165) is 27.9 Å². The van der Waals surface area contributed by atoms with Crippen LogP contribution in [0.4, 0.5) is 5.82 Å². The van der Waals surface area contributed by atoms with E-state index in [0.29, 0.717) is 5.82 Å². The molecule has 96 valence electrons. The Labute approximate surface area is 109 Å². The Morgan fingerprint density at radius 1 is 1.32 bits per heavy atom. The Balaban J connectivity index is 2.20. The Hall–Kier alpha value is -2.60. The van der Waals surface area contributed by atoms with Gasteiger partial charge in [-0.1, -0.05) is 12.1 Å². The first-order valence-corrected chi connectivity index (χ1v) is 5.76. The molecule has 0 saturated carbocycles. The lowest BCUT2D eigenvalue weighted by atomic mass is 10.1. The number of aromatic nitrogens is 3. The van der Waals surface area contributed by atoms with Gasteiger partial charge in [0.15, 0.2) is 5.82 Å². The van der Waals surface area contributed by atoms with E-state index < -0.39 is 0 Å². The van der Waals surface area contributed by atoms with Gasteiger partial charge in [-0.25, -0.2) is 15.8 Å². The van der Waals surface area contributed by atoms with Crippen molar-refractivity contribution in [1.29, 1.82) is 0 Å². The topological polar surface area (TPSA) is 88.8 Å². The summed E-state index contributed by atoms with van der Waals surface area (Å²) in [6.45, 7) is 0. The molecule has 0 unspecified atom stereocenters. The van der Waals surface area contributed by atoms with Crippen molar-refractivity contribution in [3.63, 3.8) is 0 Å². The summed E-state index contributed by atoms with van der Waals surface area (Å²) in [6.07, 6.45) is 3.37. The summed E-state index contributed by atoms with van der Waals surface area (Å²) < 4.78 is 5.23. The predicted molar refractivity (Wildman–Crippen MR) is 73.7 cm³/mol. The SMILES string of the molecule is COc1cccc(-c2c[nH]c3c(NN)ncnc23)c1. The van der Waals surface area contributed by atoms with Crippen molar-refractivity contribution in [2.75, 3.05) is 12.5 Å². The number of anilines is 1. The molecule has 0 aliphatic rings. The number of ether oxygens (including phenoxy) is 1. The van der Waals surface area contributed by atoms with Crippen molar-refractivity contribution in [2.45, 2.75) is 0 Å². The number of nitrogens with two attached hydrogens (primary N) is 1. The molecule has 2 aromatic heterocycles. The summed E-state index contributed by atoms with van der Waals surface area (Å²) in [4.78, 5) is 11.5. The molecule has 2 heterocycles. The van der Waals surface area contributed by atoms with Crippen LogP contribution >= 0.6 is 0 Å². The average molecular weight is 255 g/mol. The molecule has 0 radical (unpaired) electrons. The third-order valence-electron chi connectivity index (χ3n) is 2.98. The molecular weight excluding hydrogens is 242 g/mol. The monoisotopic (exact) mass is 255 g/mol. The second kappa shape index (κ2) is 4.58. The molecule has 0 amide bonds. The molecule has 6 nitrogen and oxygen atoms in total. The van der Waals surface area contributed by atoms with Crippen LogP contribution in [0.25, 0.3) is 22.2 Å². The van der Waals surface area contributed by atoms with Gasteiger partial charge >= 0.3 is 0 Å². The zero-order valence-corrected chi connectivity index (χ0v) is 10.3. The van der Waals surface area contributed by atoms with Gasteiger partial charge in [-0.05, 0) is 17.7 Å². The number of rotatable bonds is 3. The van der Waals surface area contributed by atoms with E-state index in [1.807, 2.05) is 30.5 Å². The summed E-state index contributed by atoms with van der Waals surface area (Å²) in [7, 11) is 1.65. The van der Waals surface area contributed by atoms with Gasteiger partial charge in [0.1, 0.15) is 23.1 Å². The van der Waals surface area contributed by atoms with Gasteiger partial charge in [-0.2, -0.15) is 0 Å². The minimum atomic E-state index is 0.569. The summed E-state index contributed by atoms with van der Waals surface area (Å²) >= 11 is 0. The molecule has 4 N–H and O–H groups in total. The van der Waals surface area contributed by atoms with Crippen LogP contribution in [0, 0.1) is 0 Å². The minimum Gasteiger partial charge on any atom is -0.497 e. The van der Waals surface area contributed by atoms with Gasteiger partial charge in [0, 0.05) is 11.8 Å². The Morgan fingerprint density at radius 2 is 2.21 bits per heavy atom. The number of benzene rings is 1. The highest BCUT2D eigenvalue weighted by atomic mass is 16.5. The van der Waals surface area contributed by atoms with Gasteiger partial charge < -0.3 is 15.1 Å². The van der Waals surface area contributed by atoms with Crippen LogP contribution < -0.4 is 16.0 Å². The number of methoxy groups -OCH3 is 1. The summed E-state index contributed by atoms with van der Waals surface area (Å²) in [5.41, 5.74) is 6.15. The van der Waals surface area contributed by atoms with E-state index in [2.05, 4.69) is 20.4 Å². The zero-order valence-electron chi connectivity index (χ0n) is 10.3. The maximum Gasteiger partial charge on any atom is 0.167 e. The van der Waals surface area contributed by atoms with Crippen LogP contribution in [0.5, 0.6) is 5.75 Å². The van der Waals surface area contributed by atoms with Crippen LogP contribution in [0.2, 0.25) is 0 Å². The molecule has 1 aromatic carbocycles. The lowest BCUT2D eigenvalue weighted by molar-refractivity contribution is 0.415. The van der Waals surface area contributed by atoms with Gasteiger partial charge in [0.2, 0.25) is 0 Å². The number of hydrogen-bond donors (Lipinski definition) is 3. The van der Waals surface area contributed by atoms with E-state index in [1.165, 1.54) is 6.33 Å². The van der Waals surface area contributed by atoms with Crippen LogP contribution in [-0.2, 0) is 0 Å². The summed E-state index contributed by atoms with van der Waals surface area (Å²) in [5.74, 6) is 6.80. The smallest absolute Gasteiger partial charge is 0.167 e. The van der Waals surface area contributed by atoms with Crippen molar-refractivity contribution in [1.82, 2.24) is 15.0 Å². The quantitative estimate of drug-likeness (QED) is 0.491. The molecule has 0 aliphatic heterocycles. The molecule has 0 bridgehead atoms. The Bertz CT molecular complexity index is 722. The molecule has 0 atom stereocenters. The van der Waals surface area contributed by atoms with Crippen LogP contribution in [0.1, 0.15) is 0 Å². The number of hydrogen-bond acceptors (Lipinski definition) is 5. The second-order valence-corrected chi connectivity index (χ2v) is 4.02. The van der Waals surface area contributed by atoms with E-state index in [1.54, 1.807) is 7.11 Å². The van der Waals surface area contributed by atoms with Gasteiger partial charge in [-0.15, -0.1) is 0 Å². The number of nitrogens with zero attached hydrogens (tertiary/aromatic N) is 2. The maximum absolute atomic E-state index is 5.43. The standard InChI is InChI=1S/C13H13N5O/c1-19-9-4-2-3-8(5-9)10-6-15-12-11(10)16-7-17-13(12)18-14/h2-7,15H,14H2,1H3,(H,16,17,18). The lowest BCUT2D eigenvalue weighted by Crippen LogP contribution is -2.09. The van der Waals surface area contributed by atoms with E-state index >= 15 is 0 Å². The third-order valence-corrected chi connectivity index (χ3v) is 2.98. The van der Waals surface area contributed by atoms with Crippen molar-refractivity contribution in [3.05, 3.63) is 36.8 Å². The first-order chi connectivity index (χ1) is 9.33. The minimum absolute atomic E-state index is 0.569. The van der Waals surface area contributed by atoms with Crippen LogP contribution in [0.15, 0.2) is 36.8 Å². The fraction of sp³-hybridized carbons (Fsp3) is 0.0769. The normalized spacial score (nSPS) is 10.6. The molecule has 0 fully saturated rings. The number of aromatic amines is 1. The number of nitrogen functional groups attached to an aromatic ring is 1. The average Bonchev–Trinajstić information content (AvgIpc) is 2.91. The largest absolute Gasteiger partial charge is 0.497 e. The number of fused-ring (bicyclic) bond motifs is 1. The number of H-pyrrole nitrogens is 1. The Morgan fingerprint density at radius 3 is 3.00 bits per heavy atom. The van der Waals surface area contributed by atoms with Crippen molar-refractivity contribution >= 4 is 16.9 Å². The van der Waals surface area contributed by atoms with Crippen LogP contribution in [0.3, 0.4) is 0 Å². The molecular formula is C13H13N5O. The van der Waals surface area contributed by atoms with Gasteiger partial charge in [0.25, 0.3) is 0 Å². The fourth-order valence-corrected chi connectivity index (χ4v) is 2.06. The molecule has 6 heteroatoms. The van der Waals surface area contributed by atoms with E-state index in [-0.39, 0.29) is 0 Å². The molecule has 19 heavy (non-hydrogen) atoms. The summed E-state index contributed by atoms with van der Waals surface area (Å²) in [5, 5.41) is 0. The fourth-order valence-electron chi connectivity index (χ4n) is 2.06. The molecule has 0 saturated heterocycles. The molecule has 0 aliphatic carbocycles. The predicted octanol–water partition coefficient (Wildman–Crippen LogP) is 1.92. The van der Waals surface area contributed by atoms with E-state index in [4.69, 9.17) is 10.6 Å². The highest BCUT2D eigenvalue weighted by molar-refractivity contribution is 5.97. The Kier molecular flexibility index (Phi) is 2.77. The zero-order chi connectivity index (χ0) is 13.2. The number of hydrazine groups is 1. The first kappa shape index (κ1) is 11.5. The van der Waals surface area contributed by atoms with Crippen LogP contribution in [-0.4, -0.2) is 22.1 Å². The van der Waals surface area contributed by atoms with Crippen molar-refractivity contribution < 1.29 is 4.74 Å². The lowest BCUT2D eigenvalue weighted by Gasteiger charge is -2.03. The highest BCUT2D eigenvalue weighted by Crippen LogP contribution is 2.31. The second-order valence-electron chi connectivity index (χ2n) is 4.02. The number of nitrogens with one attached hydrogen (secondary N) is 2. The van der Waals surface area contributed by atoms with E-state index in [9.17, 15) is 0 Å². The molecule has 3 rings (SSSR count). The highest BCUT2D eigenvalue weighted by Gasteiger charge is 2.11. The molecule has 0 spiro atoms. The molecule has 3 aromatic rings. The summed E-state index contributed by atoms with van der Waals surface area (Å²) in [6, 6.07) is 7.81. The first-order valence-electron chi connectivity index (χ1n) is 5.76. The maximum atomic E-state index is 5.43. The van der Waals surface area contributed by atoms with Crippen molar-refractivity contribution in [3.8, 4) is 16.9 Å². The van der Waals surface area contributed by atoms with Gasteiger partial charge in [0.05, 0.1) is 7.11 Å².